The SMILES string of the molecule is COc1ccc(/C=N/NC(=O)C(NC(=O)c2ccccc2Cl)C(C)C)cc1. The first-order valence-corrected chi connectivity index (χ1v) is 8.82. The number of amides is 2. The highest BCUT2D eigenvalue weighted by Gasteiger charge is 2.25. The number of carbonyl (C=O) groups excluding carboxylic acids is 2. The van der Waals surface area contributed by atoms with Gasteiger partial charge in [0.1, 0.15) is 11.8 Å². The van der Waals surface area contributed by atoms with Crippen molar-refractivity contribution in [1.82, 2.24) is 10.7 Å². The molecule has 2 N–H and O–H groups in total. The van der Waals surface area contributed by atoms with Crippen LogP contribution in [-0.4, -0.2) is 31.2 Å². The minimum Gasteiger partial charge on any atom is -0.497 e. The summed E-state index contributed by atoms with van der Waals surface area (Å²) in [5.74, 6) is -0.213. The summed E-state index contributed by atoms with van der Waals surface area (Å²) in [5, 5.41) is 7.00. The van der Waals surface area contributed by atoms with Crippen LogP contribution in [-0.2, 0) is 4.79 Å². The number of hydrogen-bond acceptors (Lipinski definition) is 4. The normalized spacial score (nSPS) is 12.0. The van der Waals surface area contributed by atoms with E-state index in [4.69, 9.17) is 16.3 Å². The molecular formula is C20H22ClN3O3. The quantitative estimate of drug-likeness (QED) is 0.565. The number of hydrazone groups is 1. The Balaban J connectivity index is 2.00. The lowest BCUT2D eigenvalue weighted by atomic mass is 10.0. The van der Waals surface area contributed by atoms with Crippen molar-refractivity contribution in [2.45, 2.75) is 19.9 Å². The average Bonchev–Trinajstić information content (AvgIpc) is 2.66. The maximum absolute atomic E-state index is 12.4. The van der Waals surface area contributed by atoms with Crippen molar-refractivity contribution in [1.29, 1.82) is 0 Å². The van der Waals surface area contributed by atoms with Crippen molar-refractivity contribution in [2.75, 3.05) is 7.11 Å². The fourth-order valence-corrected chi connectivity index (χ4v) is 2.55. The minimum atomic E-state index is -0.748. The van der Waals surface area contributed by atoms with Crippen LogP contribution in [0.15, 0.2) is 53.6 Å². The number of nitrogens with one attached hydrogen (secondary N) is 2. The molecule has 0 aliphatic carbocycles. The molecule has 0 fully saturated rings. The highest BCUT2D eigenvalue weighted by atomic mass is 35.5. The van der Waals surface area contributed by atoms with Crippen LogP contribution >= 0.6 is 11.6 Å². The van der Waals surface area contributed by atoms with Gasteiger partial charge >= 0.3 is 0 Å². The van der Waals surface area contributed by atoms with Gasteiger partial charge < -0.3 is 10.1 Å². The molecule has 0 radical (unpaired) electrons. The predicted octanol–water partition coefficient (Wildman–Crippen LogP) is 3.25. The summed E-state index contributed by atoms with van der Waals surface area (Å²) < 4.78 is 5.09. The minimum absolute atomic E-state index is 0.132. The van der Waals surface area contributed by atoms with Gasteiger partial charge in [-0.3, -0.25) is 9.59 Å². The Hall–Kier alpha value is -2.86. The molecule has 142 valence electrons. The molecule has 1 atom stereocenters. The highest BCUT2D eigenvalue weighted by molar-refractivity contribution is 6.33. The molecule has 0 aliphatic heterocycles. The number of rotatable bonds is 7. The van der Waals surface area contributed by atoms with E-state index >= 15 is 0 Å². The van der Waals surface area contributed by atoms with Gasteiger partial charge in [-0.1, -0.05) is 37.6 Å². The van der Waals surface area contributed by atoms with Gasteiger partial charge in [-0.25, -0.2) is 5.43 Å². The van der Waals surface area contributed by atoms with E-state index in [2.05, 4.69) is 15.8 Å². The van der Waals surface area contributed by atoms with Gasteiger partial charge in [0.2, 0.25) is 0 Å². The Bertz CT molecular complexity index is 819. The second-order valence-electron chi connectivity index (χ2n) is 6.18. The third kappa shape index (κ3) is 5.82. The molecule has 2 aromatic carbocycles. The number of ether oxygens (including phenoxy) is 1. The standard InChI is InChI=1S/C20H22ClN3O3/c1-13(2)18(23-19(25)16-6-4-5-7-17(16)21)20(26)24-22-12-14-8-10-15(27-3)11-9-14/h4-13,18H,1-3H3,(H,23,25)(H,24,26)/b22-12+. The van der Waals surface area contributed by atoms with Gasteiger partial charge in [-0.15, -0.1) is 0 Å². The molecule has 0 saturated carbocycles. The number of halogens is 1. The second kappa shape index (κ2) is 9.73. The van der Waals surface area contributed by atoms with E-state index in [0.717, 1.165) is 11.3 Å². The van der Waals surface area contributed by atoms with E-state index in [0.29, 0.717) is 10.6 Å². The van der Waals surface area contributed by atoms with Gasteiger partial charge in [0.05, 0.1) is 23.9 Å². The molecular weight excluding hydrogens is 366 g/mol. The molecule has 0 heterocycles. The van der Waals surface area contributed by atoms with Gasteiger partial charge in [-0.05, 0) is 47.9 Å². The fraction of sp³-hybridized carbons (Fsp3) is 0.250. The lowest BCUT2D eigenvalue weighted by molar-refractivity contribution is -0.123. The zero-order valence-corrected chi connectivity index (χ0v) is 16.2. The number of hydrogen-bond donors (Lipinski definition) is 2. The maximum atomic E-state index is 12.4. The molecule has 1 unspecified atom stereocenters. The highest BCUT2D eigenvalue weighted by Crippen LogP contribution is 2.15. The van der Waals surface area contributed by atoms with Gasteiger partial charge in [0.25, 0.3) is 11.8 Å². The van der Waals surface area contributed by atoms with Crippen LogP contribution in [0.2, 0.25) is 5.02 Å². The summed E-state index contributed by atoms with van der Waals surface area (Å²) in [6.07, 6.45) is 1.52. The van der Waals surface area contributed by atoms with Crippen molar-refractivity contribution in [3.63, 3.8) is 0 Å². The Morgan fingerprint density at radius 3 is 2.37 bits per heavy atom. The van der Waals surface area contributed by atoms with Gasteiger partial charge in [-0.2, -0.15) is 5.10 Å². The van der Waals surface area contributed by atoms with Crippen LogP contribution in [0.4, 0.5) is 0 Å². The number of methoxy groups -OCH3 is 1. The fourth-order valence-electron chi connectivity index (χ4n) is 2.33. The molecule has 2 amide bonds. The van der Waals surface area contributed by atoms with E-state index < -0.39 is 17.9 Å². The average molecular weight is 388 g/mol. The largest absolute Gasteiger partial charge is 0.497 e. The second-order valence-corrected chi connectivity index (χ2v) is 6.59. The zero-order valence-electron chi connectivity index (χ0n) is 15.4. The van der Waals surface area contributed by atoms with Crippen molar-refractivity contribution in [2.24, 2.45) is 11.0 Å². The number of nitrogens with zero attached hydrogens (tertiary/aromatic N) is 1. The molecule has 7 heteroatoms. The van der Waals surface area contributed by atoms with Crippen LogP contribution in [0.1, 0.15) is 29.8 Å². The lowest BCUT2D eigenvalue weighted by Gasteiger charge is -2.20. The van der Waals surface area contributed by atoms with Crippen LogP contribution < -0.4 is 15.5 Å². The lowest BCUT2D eigenvalue weighted by Crippen LogP contribution is -2.48. The molecule has 2 rings (SSSR count). The van der Waals surface area contributed by atoms with Crippen LogP contribution in [0.5, 0.6) is 5.75 Å². The molecule has 0 aromatic heterocycles. The number of carbonyl (C=O) groups is 2. The molecule has 6 nitrogen and oxygen atoms in total. The van der Waals surface area contributed by atoms with E-state index in [1.165, 1.54) is 6.21 Å². The van der Waals surface area contributed by atoms with Crippen LogP contribution in [0.3, 0.4) is 0 Å². The smallest absolute Gasteiger partial charge is 0.262 e. The molecule has 0 bridgehead atoms. The van der Waals surface area contributed by atoms with Crippen molar-refractivity contribution in [3.8, 4) is 5.75 Å². The summed E-state index contributed by atoms with van der Waals surface area (Å²) in [6, 6.07) is 13.1. The summed E-state index contributed by atoms with van der Waals surface area (Å²) in [4.78, 5) is 24.8. The summed E-state index contributed by atoms with van der Waals surface area (Å²) in [7, 11) is 1.59. The topological polar surface area (TPSA) is 79.8 Å². The first kappa shape index (κ1) is 20.5. The monoisotopic (exact) mass is 387 g/mol. The summed E-state index contributed by atoms with van der Waals surface area (Å²) in [6.45, 7) is 3.68. The van der Waals surface area contributed by atoms with Crippen LogP contribution in [0.25, 0.3) is 0 Å². The van der Waals surface area contributed by atoms with Crippen molar-refractivity contribution >= 4 is 29.6 Å². The van der Waals surface area contributed by atoms with E-state index in [1.807, 2.05) is 26.0 Å². The van der Waals surface area contributed by atoms with Crippen molar-refractivity contribution < 1.29 is 14.3 Å². The Labute approximate surface area is 163 Å². The van der Waals surface area contributed by atoms with E-state index in [9.17, 15) is 9.59 Å². The molecule has 0 aliphatic rings. The van der Waals surface area contributed by atoms with Crippen molar-refractivity contribution in [3.05, 3.63) is 64.7 Å². The zero-order chi connectivity index (χ0) is 19.8. The first-order valence-electron chi connectivity index (χ1n) is 8.44. The Morgan fingerprint density at radius 1 is 1.11 bits per heavy atom. The number of benzene rings is 2. The van der Waals surface area contributed by atoms with Gasteiger partial charge in [0, 0.05) is 0 Å². The summed E-state index contributed by atoms with van der Waals surface area (Å²) in [5.41, 5.74) is 3.59. The molecule has 0 saturated heterocycles. The third-order valence-electron chi connectivity index (χ3n) is 3.86. The molecule has 0 spiro atoms. The van der Waals surface area contributed by atoms with E-state index in [-0.39, 0.29) is 5.92 Å². The van der Waals surface area contributed by atoms with Crippen LogP contribution in [0, 0.1) is 5.92 Å². The Kier molecular flexibility index (Phi) is 7.37. The third-order valence-corrected chi connectivity index (χ3v) is 4.19. The predicted molar refractivity (Wildman–Crippen MR) is 106 cm³/mol. The maximum Gasteiger partial charge on any atom is 0.262 e. The Morgan fingerprint density at radius 2 is 1.78 bits per heavy atom. The summed E-state index contributed by atoms with van der Waals surface area (Å²) >= 11 is 6.04. The van der Waals surface area contributed by atoms with Gasteiger partial charge in [0.15, 0.2) is 0 Å². The first-order chi connectivity index (χ1) is 12.9. The van der Waals surface area contributed by atoms with E-state index in [1.54, 1.807) is 43.5 Å². The molecule has 27 heavy (non-hydrogen) atoms. The molecule has 2 aromatic rings.